The first-order chi connectivity index (χ1) is 13.7. The number of fused-ring (bicyclic) bond motifs is 1. The van der Waals surface area contributed by atoms with E-state index in [2.05, 4.69) is 17.6 Å². The molecule has 148 valence electrons. The van der Waals surface area contributed by atoms with Gasteiger partial charge in [-0.1, -0.05) is 31.5 Å². The van der Waals surface area contributed by atoms with Gasteiger partial charge in [-0.3, -0.25) is 9.59 Å². The molecule has 0 unspecified atom stereocenters. The average Bonchev–Trinajstić information content (AvgIpc) is 2.98. The van der Waals surface area contributed by atoms with Crippen LogP contribution in [0.1, 0.15) is 52.2 Å². The zero-order chi connectivity index (χ0) is 19.9. The highest BCUT2D eigenvalue weighted by Crippen LogP contribution is 2.34. The second-order valence-electron chi connectivity index (χ2n) is 6.81. The molecular formula is C22H27N3O3. The van der Waals surface area contributed by atoms with E-state index in [1.807, 2.05) is 36.4 Å². The Morgan fingerprint density at radius 1 is 1.14 bits per heavy atom. The number of carbonyl (C=O) groups excluding carboxylic acids is 2. The summed E-state index contributed by atoms with van der Waals surface area (Å²) in [5.74, 6) is -0.0693. The number of anilines is 1. The van der Waals surface area contributed by atoms with Gasteiger partial charge in [0.2, 0.25) is 0 Å². The lowest BCUT2D eigenvalue weighted by molar-refractivity contribution is 0.0674. The molecule has 1 aliphatic heterocycles. The molecule has 1 atom stereocenters. The van der Waals surface area contributed by atoms with Gasteiger partial charge in [0.05, 0.1) is 6.61 Å². The minimum Gasteiger partial charge on any atom is -0.383 e. The molecule has 2 N–H and O–H groups in total. The minimum atomic E-state index is -0.261. The third kappa shape index (κ3) is 4.34. The topological polar surface area (TPSA) is 70.7 Å². The van der Waals surface area contributed by atoms with Crippen LogP contribution in [-0.2, 0) is 4.74 Å². The molecule has 1 aliphatic rings. The molecule has 6 heteroatoms. The van der Waals surface area contributed by atoms with E-state index in [9.17, 15) is 9.59 Å². The van der Waals surface area contributed by atoms with Crippen molar-refractivity contribution in [1.82, 2.24) is 10.2 Å². The van der Waals surface area contributed by atoms with E-state index in [0.717, 1.165) is 24.1 Å². The van der Waals surface area contributed by atoms with E-state index in [-0.39, 0.29) is 18.0 Å². The molecular weight excluding hydrogens is 354 g/mol. The van der Waals surface area contributed by atoms with Crippen molar-refractivity contribution >= 4 is 17.5 Å². The van der Waals surface area contributed by atoms with E-state index in [0.29, 0.717) is 30.8 Å². The molecule has 0 aromatic heterocycles. The van der Waals surface area contributed by atoms with Crippen LogP contribution >= 0.6 is 0 Å². The smallest absolute Gasteiger partial charge is 0.256 e. The van der Waals surface area contributed by atoms with Crippen molar-refractivity contribution in [2.75, 3.05) is 32.1 Å². The van der Waals surface area contributed by atoms with E-state index in [4.69, 9.17) is 4.74 Å². The largest absolute Gasteiger partial charge is 0.383 e. The van der Waals surface area contributed by atoms with Gasteiger partial charge in [-0.05, 0) is 36.8 Å². The first-order valence-electron chi connectivity index (χ1n) is 9.69. The Morgan fingerprint density at radius 3 is 2.61 bits per heavy atom. The van der Waals surface area contributed by atoms with E-state index in [1.54, 1.807) is 24.1 Å². The first-order valence-corrected chi connectivity index (χ1v) is 9.69. The lowest BCUT2D eigenvalue weighted by Crippen LogP contribution is -2.35. The fourth-order valence-corrected chi connectivity index (χ4v) is 3.30. The Morgan fingerprint density at radius 2 is 1.89 bits per heavy atom. The van der Waals surface area contributed by atoms with Gasteiger partial charge in [-0.25, -0.2) is 0 Å². The summed E-state index contributed by atoms with van der Waals surface area (Å²) in [7, 11) is 1.63. The number of nitrogens with one attached hydrogen (secondary N) is 2. The third-order valence-corrected chi connectivity index (χ3v) is 4.86. The number of hydrogen-bond acceptors (Lipinski definition) is 4. The molecule has 2 aromatic rings. The number of benzene rings is 2. The monoisotopic (exact) mass is 381 g/mol. The Kier molecular flexibility index (Phi) is 6.66. The lowest BCUT2D eigenvalue weighted by Gasteiger charge is -2.27. The molecule has 3 rings (SSSR count). The number of carbonyl (C=O) groups is 2. The van der Waals surface area contributed by atoms with Crippen LogP contribution in [0.5, 0.6) is 0 Å². The van der Waals surface area contributed by atoms with Crippen LogP contribution in [0.4, 0.5) is 5.69 Å². The maximum atomic E-state index is 12.7. The molecule has 1 heterocycles. The summed E-state index contributed by atoms with van der Waals surface area (Å²) in [5.41, 5.74) is 3.14. The molecule has 6 nitrogen and oxygen atoms in total. The van der Waals surface area contributed by atoms with Crippen molar-refractivity contribution in [3.63, 3.8) is 0 Å². The van der Waals surface area contributed by atoms with Crippen LogP contribution in [-0.4, -0.2) is 43.5 Å². The predicted octanol–water partition coefficient (Wildman–Crippen LogP) is 3.43. The quantitative estimate of drug-likeness (QED) is 0.653. The van der Waals surface area contributed by atoms with Gasteiger partial charge in [0.15, 0.2) is 0 Å². The molecule has 0 radical (unpaired) electrons. The second-order valence-corrected chi connectivity index (χ2v) is 6.81. The Bertz CT molecular complexity index is 820. The summed E-state index contributed by atoms with van der Waals surface area (Å²) < 4.78 is 5.17. The maximum Gasteiger partial charge on any atom is 0.256 e. The van der Waals surface area contributed by atoms with E-state index >= 15 is 0 Å². The van der Waals surface area contributed by atoms with Crippen LogP contribution < -0.4 is 10.6 Å². The van der Waals surface area contributed by atoms with E-state index in [1.165, 1.54) is 0 Å². The summed E-state index contributed by atoms with van der Waals surface area (Å²) in [6, 6.07) is 15.0. The summed E-state index contributed by atoms with van der Waals surface area (Å²) in [4.78, 5) is 26.7. The number of methoxy groups -OCH3 is 1. The normalized spacial score (nSPS) is 15.4. The van der Waals surface area contributed by atoms with Gasteiger partial charge in [0, 0.05) is 42.6 Å². The molecule has 0 spiro atoms. The van der Waals surface area contributed by atoms with Crippen molar-refractivity contribution in [3.05, 3.63) is 65.2 Å². The fourth-order valence-electron chi connectivity index (χ4n) is 3.30. The number of amides is 2. The highest BCUT2D eigenvalue weighted by Gasteiger charge is 2.36. The van der Waals surface area contributed by atoms with Crippen molar-refractivity contribution in [2.45, 2.75) is 25.9 Å². The fraction of sp³-hybridized carbons (Fsp3) is 0.364. The highest BCUT2D eigenvalue weighted by atomic mass is 16.5. The Hall–Kier alpha value is -2.86. The summed E-state index contributed by atoms with van der Waals surface area (Å²) >= 11 is 0. The minimum absolute atomic E-state index is 0.00271. The summed E-state index contributed by atoms with van der Waals surface area (Å²) in [6.45, 7) is 3.74. The van der Waals surface area contributed by atoms with Gasteiger partial charge in [0.1, 0.15) is 6.17 Å². The Labute approximate surface area is 165 Å². The van der Waals surface area contributed by atoms with Gasteiger partial charge >= 0.3 is 0 Å². The third-order valence-electron chi connectivity index (χ3n) is 4.86. The van der Waals surface area contributed by atoms with Crippen LogP contribution in [0, 0.1) is 0 Å². The molecule has 0 saturated heterocycles. The number of hydrogen-bond donors (Lipinski definition) is 2. The molecule has 2 aromatic carbocycles. The Balaban J connectivity index is 1.73. The van der Waals surface area contributed by atoms with Crippen molar-refractivity contribution in [2.24, 2.45) is 0 Å². The summed E-state index contributed by atoms with van der Waals surface area (Å²) in [5, 5.41) is 6.34. The van der Waals surface area contributed by atoms with Crippen LogP contribution in [0.25, 0.3) is 0 Å². The number of unbranched alkanes of at least 4 members (excludes halogenated alkanes) is 1. The van der Waals surface area contributed by atoms with E-state index < -0.39 is 0 Å². The van der Waals surface area contributed by atoms with Gasteiger partial charge in [-0.15, -0.1) is 0 Å². The second kappa shape index (κ2) is 9.37. The highest BCUT2D eigenvalue weighted by molar-refractivity contribution is 5.99. The average molecular weight is 381 g/mol. The van der Waals surface area contributed by atoms with Gasteiger partial charge < -0.3 is 20.3 Å². The number of rotatable bonds is 9. The molecule has 2 amide bonds. The van der Waals surface area contributed by atoms with Crippen molar-refractivity contribution in [1.29, 1.82) is 0 Å². The van der Waals surface area contributed by atoms with Crippen LogP contribution in [0.15, 0.2) is 48.5 Å². The van der Waals surface area contributed by atoms with Crippen LogP contribution in [0.3, 0.4) is 0 Å². The van der Waals surface area contributed by atoms with Gasteiger partial charge in [0.25, 0.3) is 11.8 Å². The number of nitrogens with zero attached hydrogens (tertiary/aromatic N) is 1. The zero-order valence-corrected chi connectivity index (χ0v) is 16.4. The van der Waals surface area contributed by atoms with Gasteiger partial charge in [-0.2, -0.15) is 0 Å². The van der Waals surface area contributed by atoms with Crippen molar-refractivity contribution < 1.29 is 14.3 Å². The standard InChI is InChI=1S/C22H27N3O3/c1-3-4-13-23-21(26)16-9-11-17(12-10-16)24-20-18-7-5-6-8-19(18)22(27)25(20)14-15-28-2/h5-12,20,24H,3-4,13-15H2,1-2H3,(H,23,26)/t20-/m0/s1. The molecule has 0 saturated carbocycles. The zero-order valence-electron chi connectivity index (χ0n) is 16.4. The van der Waals surface area contributed by atoms with Crippen molar-refractivity contribution in [3.8, 4) is 0 Å². The SMILES string of the molecule is CCCCNC(=O)c1ccc(N[C@@H]2c3ccccc3C(=O)N2CCOC)cc1. The molecule has 0 bridgehead atoms. The summed E-state index contributed by atoms with van der Waals surface area (Å²) in [6.07, 6.45) is 1.75. The number of ether oxygens (including phenoxy) is 1. The predicted molar refractivity (Wildman–Crippen MR) is 109 cm³/mol. The lowest BCUT2D eigenvalue weighted by atomic mass is 10.1. The molecule has 0 aliphatic carbocycles. The molecule has 0 fully saturated rings. The van der Waals surface area contributed by atoms with Crippen LogP contribution in [0.2, 0.25) is 0 Å². The first kappa shape index (κ1) is 19.9. The molecule has 28 heavy (non-hydrogen) atoms. The maximum absolute atomic E-state index is 12.7.